The van der Waals surface area contributed by atoms with Gasteiger partial charge in [0.05, 0.1) is 0 Å². The van der Waals surface area contributed by atoms with Gasteiger partial charge in [-0.15, -0.1) is 0 Å². The van der Waals surface area contributed by atoms with Crippen LogP contribution in [-0.2, 0) is 4.79 Å². The second-order valence-corrected chi connectivity index (χ2v) is 3.68. The van der Waals surface area contributed by atoms with Gasteiger partial charge in [0.25, 0.3) is 0 Å². The number of rotatable bonds is 2. The topological polar surface area (TPSA) is 63.3 Å². The molecule has 0 radical (unpaired) electrons. The Bertz CT molecular complexity index is 126. The Labute approximate surface area is 61.2 Å². The largest absolute Gasteiger partial charge is 0.383 e. The molecule has 3 N–H and O–H groups in total. The Kier molecular flexibility index (Phi) is 2.84. The smallest absolute Gasteiger partial charge is 0.246 e. The lowest BCUT2D eigenvalue weighted by Gasteiger charge is -2.19. The zero-order valence-corrected chi connectivity index (χ0v) is 6.72. The highest BCUT2D eigenvalue weighted by atomic mass is 16.3. The minimum absolute atomic E-state index is 0.0472. The fourth-order valence-electron chi connectivity index (χ4n) is 0.681. The Hall–Kier alpha value is -0.570. The van der Waals surface area contributed by atoms with E-state index < -0.39 is 12.0 Å². The zero-order chi connectivity index (χ0) is 8.36. The van der Waals surface area contributed by atoms with Crippen LogP contribution in [-0.4, -0.2) is 17.1 Å². The number of primary amides is 1. The summed E-state index contributed by atoms with van der Waals surface area (Å²) in [6, 6.07) is 0. The van der Waals surface area contributed by atoms with E-state index in [1.165, 1.54) is 0 Å². The van der Waals surface area contributed by atoms with Gasteiger partial charge >= 0.3 is 0 Å². The minimum Gasteiger partial charge on any atom is -0.383 e. The van der Waals surface area contributed by atoms with E-state index in [1.807, 2.05) is 20.8 Å². The minimum atomic E-state index is -1.00. The molecule has 0 spiro atoms. The number of nitrogens with two attached hydrogens (primary N) is 1. The van der Waals surface area contributed by atoms with Gasteiger partial charge in [-0.3, -0.25) is 4.79 Å². The third-order valence-corrected chi connectivity index (χ3v) is 1.13. The quantitative estimate of drug-likeness (QED) is 0.585. The van der Waals surface area contributed by atoms with Gasteiger partial charge in [0.2, 0.25) is 5.91 Å². The van der Waals surface area contributed by atoms with Crippen LogP contribution in [0.25, 0.3) is 0 Å². The normalized spacial score (nSPS) is 14.8. The first-order chi connectivity index (χ1) is 4.33. The molecule has 60 valence electrons. The summed E-state index contributed by atoms with van der Waals surface area (Å²) in [6.45, 7) is 5.83. The van der Waals surface area contributed by atoms with E-state index in [9.17, 15) is 4.79 Å². The van der Waals surface area contributed by atoms with Gasteiger partial charge in [-0.2, -0.15) is 0 Å². The molecule has 0 aromatic rings. The average molecular weight is 145 g/mol. The molecule has 0 aliphatic heterocycles. The Morgan fingerprint density at radius 1 is 1.60 bits per heavy atom. The van der Waals surface area contributed by atoms with Crippen molar-refractivity contribution in [3.63, 3.8) is 0 Å². The van der Waals surface area contributed by atoms with E-state index in [4.69, 9.17) is 10.8 Å². The van der Waals surface area contributed by atoms with Gasteiger partial charge in [-0.1, -0.05) is 20.8 Å². The number of hydrogen-bond acceptors (Lipinski definition) is 2. The molecule has 3 heteroatoms. The fraction of sp³-hybridized carbons (Fsp3) is 0.857. The Balaban J connectivity index is 3.80. The van der Waals surface area contributed by atoms with Crippen molar-refractivity contribution in [2.24, 2.45) is 11.1 Å². The second kappa shape index (κ2) is 3.01. The molecular formula is C7H15NO2. The van der Waals surface area contributed by atoms with Crippen LogP contribution in [0, 0.1) is 5.41 Å². The summed E-state index contributed by atoms with van der Waals surface area (Å²) in [4.78, 5) is 10.3. The SMILES string of the molecule is CC(C)(C)C[C@@H](O)C(N)=O. The number of carbonyl (C=O) groups excluding carboxylic acids is 1. The third kappa shape index (κ3) is 4.32. The highest BCUT2D eigenvalue weighted by Gasteiger charge is 2.19. The zero-order valence-electron chi connectivity index (χ0n) is 6.72. The third-order valence-electron chi connectivity index (χ3n) is 1.13. The number of aliphatic hydroxyl groups excluding tert-OH is 1. The molecule has 10 heavy (non-hydrogen) atoms. The molecule has 0 saturated carbocycles. The summed E-state index contributed by atoms with van der Waals surface area (Å²) < 4.78 is 0. The summed E-state index contributed by atoms with van der Waals surface area (Å²) in [5, 5.41) is 8.99. The van der Waals surface area contributed by atoms with E-state index in [2.05, 4.69) is 0 Å². The second-order valence-electron chi connectivity index (χ2n) is 3.68. The molecule has 0 aliphatic carbocycles. The highest BCUT2D eigenvalue weighted by molar-refractivity contribution is 5.78. The lowest BCUT2D eigenvalue weighted by Crippen LogP contribution is -2.31. The van der Waals surface area contributed by atoms with Crippen molar-refractivity contribution in [2.75, 3.05) is 0 Å². The molecule has 0 unspecified atom stereocenters. The summed E-state index contributed by atoms with van der Waals surface area (Å²) in [6.07, 6.45) is -0.581. The van der Waals surface area contributed by atoms with Gasteiger partial charge in [0.1, 0.15) is 6.10 Å². The Morgan fingerprint density at radius 3 is 2.10 bits per heavy atom. The standard InChI is InChI=1S/C7H15NO2/c1-7(2,3)4-5(9)6(8)10/h5,9H,4H2,1-3H3,(H2,8,10)/t5-/m1/s1. The molecule has 0 heterocycles. The molecule has 0 aromatic carbocycles. The molecule has 0 aromatic heterocycles. The van der Waals surface area contributed by atoms with Crippen LogP contribution in [0.15, 0.2) is 0 Å². The molecule has 0 aliphatic rings. The predicted molar refractivity (Wildman–Crippen MR) is 39.3 cm³/mol. The maximum absolute atomic E-state index is 10.3. The monoisotopic (exact) mass is 145 g/mol. The van der Waals surface area contributed by atoms with Gasteiger partial charge in [-0.25, -0.2) is 0 Å². The molecule has 3 nitrogen and oxygen atoms in total. The highest BCUT2D eigenvalue weighted by Crippen LogP contribution is 2.20. The lowest BCUT2D eigenvalue weighted by molar-refractivity contribution is -0.127. The molecule has 0 saturated heterocycles. The molecule has 0 rings (SSSR count). The van der Waals surface area contributed by atoms with Crippen molar-refractivity contribution in [1.82, 2.24) is 0 Å². The summed E-state index contributed by atoms with van der Waals surface area (Å²) >= 11 is 0. The van der Waals surface area contributed by atoms with Crippen LogP contribution in [0.3, 0.4) is 0 Å². The van der Waals surface area contributed by atoms with Crippen molar-refractivity contribution in [3.05, 3.63) is 0 Å². The molecule has 1 atom stereocenters. The van der Waals surface area contributed by atoms with Crippen molar-refractivity contribution in [3.8, 4) is 0 Å². The maximum atomic E-state index is 10.3. The molecule has 0 bridgehead atoms. The van der Waals surface area contributed by atoms with E-state index in [0.29, 0.717) is 6.42 Å². The van der Waals surface area contributed by atoms with Crippen LogP contribution in [0.5, 0.6) is 0 Å². The van der Waals surface area contributed by atoms with Crippen molar-refractivity contribution >= 4 is 5.91 Å². The summed E-state index contributed by atoms with van der Waals surface area (Å²) in [5.74, 6) is -0.644. The van der Waals surface area contributed by atoms with Crippen molar-refractivity contribution < 1.29 is 9.90 Å². The van der Waals surface area contributed by atoms with Crippen molar-refractivity contribution in [2.45, 2.75) is 33.3 Å². The van der Waals surface area contributed by atoms with Crippen LogP contribution in [0.4, 0.5) is 0 Å². The molecule has 0 fully saturated rings. The number of amides is 1. The maximum Gasteiger partial charge on any atom is 0.246 e. The van der Waals surface area contributed by atoms with Crippen molar-refractivity contribution in [1.29, 1.82) is 0 Å². The van der Waals surface area contributed by atoms with Gasteiger partial charge < -0.3 is 10.8 Å². The van der Waals surface area contributed by atoms with Crippen LogP contribution >= 0.6 is 0 Å². The van der Waals surface area contributed by atoms with E-state index >= 15 is 0 Å². The van der Waals surface area contributed by atoms with Gasteiger partial charge in [0, 0.05) is 0 Å². The van der Waals surface area contributed by atoms with Gasteiger partial charge in [-0.05, 0) is 11.8 Å². The average Bonchev–Trinajstić information content (AvgIpc) is 1.60. The molecular weight excluding hydrogens is 130 g/mol. The number of hydrogen-bond donors (Lipinski definition) is 2. The van der Waals surface area contributed by atoms with Crippen LogP contribution in [0.1, 0.15) is 27.2 Å². The number of carbonyl (C=O) groups is 1. The predicted octanol–water partition coefficient (Wildman–Crippen LogP) is 0.269. The van der Waals surface area contributed by atoms with Crippen LogP contribution < -0.4 is 5.73 Å². The van der Waals surface area contributed by atoms with E-state index in [-0.39, 0.29) is 5.41 Å². The first-order valence-electron chi connectivity index (χ1n) is 3.30. The van der Waals surface area contributed by atoms with Crippen LogP contribution in [0.2, 0.25) is 0 Å². The lowest BCUT2D eigenvalue weighted by atomic mass is 9.89. The van der Waals surface area contributed by atoms with E-state index in [0.717, 1.165) is 0 Å². The number of aliphatic hydroxyl groups is 1. The first-order valence-corrected chi connectivity index (χ1v) is 3.30. The summed E-state index contributed by atoms with van der Waals surface area (Å²) in [5.41, 5.74) is 4.81. The first kappa shape index (κ1) is 9.43. The fourth-order valence-corrected chi connectivity index (χ4v) is 0.681. The van der Waals surface area contributed by atoms with E-state index in [1.54, 1.807) is 0 Å². The Morgan fingerprint density at radius 2 is 2.00 bits per heavy atom. The molecule has 1 amide bonds. The summed E-state index contributed by atoms with van der Waals surface area (Å²) in [7, 11) is 0. The van der Waals surface area contributed by atoms with Gasteiger partial charge in [0.15, 0.2) is 0 Å².